The smallest absolute Gasteiger partial charge is 0.272 e. The lowest BCUT2D eigenvalue weighted by atomic mass is 10.2. The molecule has 2 heterocycles. The van der Waals surface area contributed by atoms with Crippen molar-refractivity contribution in [3.05, 3.63) is 48.3 Å². The Bertz CT molecular complexity index is 839. The molecule has 1 aliphatic rings. The Kier molecular flexibility index (Phi) is 4.48. The number of sulfone groups is 1. The van der Waals surface area contributed by atoms with Crippen LogP contribution < -0.4 is 5.32 Å². The van der Waals surface area contributed by atoms with Crippen LogP contribution in [0.4, 0.5) is 11.6 Å². The van der Waals surface area contributed by atoms with E-state index in [2.05, 4.69) is 15.3 Å². The zero-order valence-electron chi connectivity index (χ0n) is 13.2. The third-order valence-corrected chi connectivity index (χ3v) is 5.73. The highest BCUT2D eigenvalue weighted by Crippen LogP contribution is 2.19. The summed E-state index contributed by atoms with van der Waals surface area (Å²) in [6, 6.07) is 10.6. The number of rotatable bonds is 4. The van der Waals surface area contributed by atoms with Crippen LogP contribution in [0.3, 0.4) is 0 Å². The molecule has 1 atom stereocenters. The summed E-state index contributed by atoms with van der Waals surface area (Å²) in [5.41, 5.74) is 1.05. The van der Waals surface area contributed by atoms with Gasteiger partial charge in [-0.3, -0.25) is 4.79 Å². The summed E-state index contributed by atoms with van der Waals surface area (Å²) in [6.07, 6.45) is 1.97. The van der Waals surface area contributed by atoms with Gasteiger partial charge >= 0.3 is 0 Å². The van der Waals surface area contributed by atoms with Crippen molar-refractivity contribution in [2.75, 3.05) is 23.9 Å². The van der Waals surface area contributed by atoms with Crippen LogP contribution in [0.25, 0.3) is 0 Å². The van der Waals surface area contributed by atoms with Gasteiger partial charge in [-0.25, -0.2) is 18.4 Å². The van der Waals surface area contributed by atoms with Gasteiger partial charge in [-0.2, -0.15) is 0 Å². The highest BCUT2D eigenvalue weighted by molar-refractivity contribution is 7.91. The van der Waals surface area contributed by atoms with Gasteiger partial charge < -0.3 is 10.2 Å². The van der Waals surface area contributed by atoms with E-state index in [9.17, 15) is 13.2 Å². The number of aromatic nitrogens is 2. The summed E-state index contributed by atoms with van der Waals surface area (Å²) in [7, 11) is -1.43. The molecule has 0 radical (unpaired) electrons. The first kappa shape index (κ1) is 16.4. The first-order valence-electron chi connectivity index (χ1n) is 7.57. The van der Waals surface area contributed by atoms with Gasteiger partial charge in [0.2, 0.25) is 5.95 Å². The van der Waals surface area contributed by atoms with Crippen molar-refractivity contribution >= 4 is 27.4 Å². The van der Waals surface area contributed by atoms with Gasteiger partial charge in [-0.1, -0.05) is 18.2 Å². The molecule has 1 saturated heterocycles. The largest absolute Gasteiger partial charge is 0.336 e. The lowest BCUT2D eigenvalue weighted by Gasteiger charge is -2.23. The minimum atomic E-state index is -3.04. The second-order valence-corrected chi connectivity index (χ2v) is 7.96. The summed E-state index contributed by atoms with van der Waals surface area (Å²) in [5, 5.41) is 3.03. The van der Waals surface area contributed by atoms with Gasteiger partial charge in [0.25, 0.3) is 5.91 Å². The number of carbonyl (C=O) groups is 1. The summed E-state index contributed by atoms with van der Waals surface area (Å²) in [6.45, 7) is 0. The van der Waals surface area contributed by atoms with Crippen molar-refractivity contribution in [3.8, 4) is 0 Å². The maximum absolute atomic E-state index is 12.6. The van der Waals surface area contributed by atoms with E-state index in [0.717, 1.165) is 5.69 Å². The van der Waals surface area contributed by atoms with Crippen molar-refractivity contribution in [3.63, 3.8) is 0 Å². The Balaban J connectivity index is 1.74. The van der Waals surface area contributed by atoms with Crippen LogP contribution in [0.5, 0.6) is 0 Å². The third kappa shape index (κ3) is 3.70. The summed E-state index contributed by atoms with van der Waals surface area (Å²) in [4.78, 5) is 22.4. The number of nitrogens with one attached hydrogen (secondary N) is 1. The number of benzene rings is 1. The summed E-state index contributed by atoms with van der Waals surface area (Å²) in [5.74, 6) is 0.144. The lowest BCUT2D eigenvalue weighted by molar-refractivity contribution is 0.0741. The van der Waals surface area contributed by atoms with Crippen LogP contribution in [0.1, 0.15) is 16.9 Å². The molecule has 1 aromatic heterocycles. The van der Waals surface area contributed by atoms with E-state index < -0.39 is 9.84 Å². The van der Waals surface area contributed by atoms with E-state index in [1.807, 2.05) is 30.3 Å². The molecule has 0 saturated carbocycles. The molecule has 1 aromatic carbocycles. The van der Waals surface area contributed by atoms with E-state index >= 15 is 0 Å². The molecule has 1 N–H and O–H groups in total. The highest BCUT2D eigenvalue weighted by Gasteiger charge is 2.33. The van der Waals surface area contributed by atoms with E-state index in [1.165, 1.54) is 17.2 Å². The first-order chi connectivity index (χ1) is 11.4. The fraction of sp³-hybridized carbons (Fsp3) is 0.312. The topological polar surface area (TPSA) is 92.3 Å². The Labute approximate surface area is 140 Å². The van der Waals surface area contributed by atoms with E-state index in [-0.39, 0.29) is 29.1 Å². The molecule has 7 nitrogen and oxygen atoms in total. The molecule has 126 valence electrons. The lowest BCUT2D eigenvalue weighted by Crippen LogP contribution is -2.38. The van der Waals surface area contributed by atoms with Gasteiger partial charge in [0.05, 0.1) is 11.5 Å². The molecule has 8 heteroatoms. The fourth-order valence-corrected chi connectivity index (χ4v) is 4.39. The second kappa shape index (κ2) is 6.56. The van der Waals surface area contributed by atoms with E-state index in [4.69, 9.17) is 0 Å². The standard InChI is InChI=1S/C16H18N4O3S/c1-20(13-8-10-24(22,23)11-13)15(21)14-7-9-17-16(19-14)18-12-5-3-2-4-6-12/h2-7,9,13H,8,10-11H2,1H3,(H,17,18,19). The minimum absolute atomic E-state index is 0.00937. The number of nitrogens with zero attached hydrogens (tertiary/aromatic N) is 3. The Morgan fingerprint density at radius 2 is 2.00 bits per heavy atom. The minimum Gasteiger partial charge on any atom is -0.336 e. The SMILES string of the molecule is CN(C(=O)c1ccnc(Nc2ccccc2)n1)C1CCS(=O)(=O)C1. The number of anilines is 2. The summed E-state index contributed by atoms with van der Waals surface area (Å²) < 4.78 is 23.2. The fourth-order valence-electron chi connectivity index (χ4n) is 2.62. The average Bonchev–Trinajstić information content (AvgIpc) is 2.95. The van der Waals surface area contributed by atoms with Crippen LogP contribution in [0.2, 0.25) is 0 Å². The van der Waals surface area contributed by atoms with Gasteiger partial charge in [0.1, 0.15) is 5.69 Å². The molecule has 0 aliphatic carbocycles. The van der Waals surface area contributed by atoms with Crippen LogP contribution in [-0.4, -0.2) is 53.8 Å². The molecule has 0 bridgehead atoms. The van der Waals surface area contributed by atoms with Crippen LogP contribution in [-0.2, 0) is 9.84 Å². The van der Waals surface area contributed by atoms with Gasteiger partial charge in [0, 0.05) is 25.0 Å². The molecule has 1 fully saturated rings. The predicted octanol–water partition coefficient (Wildman–Crippen LogP) is 1.48. The van der Waals surface area contributed by atoms with Crippen LogP contribution in [0, 0.1) is 0 Å². The molecular formula is C16H18N4O3S. The number of para-hydroxylation sites is 1. The van der Waals surface area contributed by atoms with Crippen molar-refractivity contribution in [2.45, 2.75) is 12.5 Å². The molecule has 1 unspecified atom stereocenters. The van der Waals surface area contributed by atoms with Crippen LogP contribution >= 0.6 is 0 Å². The third-order valence-electron chi connectivity index (χ3n) is 3.98. The quantitative estimate of drug-likeness (QED) is 0.901. The molecule has 1 aliphatic heterocycles. The number of hydrogen-bond acceptors (Lipinski definition) is 6. The number of hydrogen-bond donors (Lipinski definition) is 1. The summed E-state index contributed by atoms with van der Waals surface area (Å²) >= 11 is 0. The van der Waals surface area contributed by atoms with Gasteiger partial charge in [-0.15, -0.1) is 0 Å². The Hall–Kier alpha value is -2.48. The van der Waals surface area contributed by atoms with Crippen molar-refractivity contribution < 1.29 is 13.2 Å². The zero-order chi connectivity index (χ0) is 17.2. The van der Waals surface area contributed by atoms with Crippen LogP contribution in [0.15, 0.2) is 42.6 Å². The Morgan fingerprint density at radius 1 is 1.25 bits per heavy atom. The predicted molar refractivity (Wildman–Crippen MR) is 90.9 cm³/mol. The normalized spacial score (nSPS) is 19.0. The maximum atomic E-state index is 12.6. The Morgan fingerprint density at radius 3 is 2.67 bits per heavy atom. The molecule has 2 aromatic rings. The van der Waals surface area contributed by atoms with Gasteiger partial charge in [0.15, 0.2) is 9.84 Å². The molecule has 0 spiro atoms. The number of carbonyl (C=O) groups excluding carboxylic acids is 1. The van der Waals surface area contributed by atoms with Crippen molar-refractivity contribution in [2.24, 2.45) is 0 Å². The molecule has 1 amide bonds. The van der Waals surface area contributed by atoms with Crippen molar-refractivity contribution in [1.82, 2.24) is 14.9 Å². The number of amides is 1. The van der Waals surface area contributed by atoms with E-state index in [1.54, 1.807) is 7.05 Å². The highest BCUT2D eigenvalue weighted by atomic mass is 32.2. The molecular weight excluding hydrogens is 328 g/mol. The maximum Gasteiger partial charge on any atom is 0.272 e. The monoisotopic (exact) mass is 346 g/mol. The van der Waals surface area contributed by atoms with E-state index in [0.29, 0.717) is 12.4 Å². The average molecular weight is 346 g/mol. The zero-order valence-corrected chi connectivity index (χ0v) is 14.0. The van der Waals surface area contributed by atoms with Crippen molar-refractivity contribution in [1.29, 1.82) is 0 Å². The molecule has 3 rings (SSSR count). The first-order valence-corrected chi connectivity index (χ1v) is 9.39. The second-order valence-electron chi connectivity index (χ2n) is 5.73. The molecule has 24 heavy (non-hydrogen) atoms. The van der Waals surface area contributed by atoms with Gasteiger partial charge in [-0.05, 0) is 24.6 Å².